The van der Waals surface area contributed by atoms with Crippen molar-refractivity contribution in [1.82, 2.24) is 14.5 Å². The lowest BCUT2D eigenvalue weighted by Gasteiger charge is -2.17. The molecule has 0 amide bonds. The molecule has 0 saturated heterocycles. The summed E-state index contributed by atoms with van der Waals surface area (Å²) in [6.07, 6.45) is 2.89. The summed E-state index contributed by atoms with van der Waals surface area (Å²) in [5, 5.41) is 0. The Morgan fingerprint density at radius 1 is 1.39 bits per heavy atom. The van der Waals surface area contributed by atoms with E-state index in [0.717, 1.165) is 30.0 Å². The summed E-state index contributed by atoms with van der Waals surface area (Å²) in [4.78, 5) is 9.16. The van der Waals surface area contributed by atoms with Crippen LogP contribution in [0.5, 0.6) is 0 Å². The second kappa shape index (κ2) is 5.48. The number of hydrogen-bond acceptors (Lipinski definition) is 3. The average molecular weight is 246 g/mol. The van der Waals surface area contributed by atoms with Gasteiger partial charge in [-0.15, -0.1) is 0 Å². The Kier molecular flexibility index (Phi) is 3.97. The van der Waals surface area contributed by atoms with E-state index in [1.807, 2.05) is 18.3 Å². The molecule has 4 nitrogen and oxygen atoms in total. The highest BCUT2D eigenvalue weighted by atomic mass is 15.1. The number of rotatable bonds is 5. The Morgan fingerprint density at radius 3 is 2.78 bits per heavy atom. The maximum absolute atomic E-state index is 5.92. The van der Waals surface area contributed by atoms with Gasteiger partial charge in [-0.05, 0) is 31.4 Å². The zero-order valence-corrected chi connectivity index (χ0v) is 11.4. The fourth-order valence-corrected chi connectivity index (χ4v) is 2.48. The van der Waals surface area contributed by atoms with Crippen LogP contribution in [0.15, 0.2) is 18.3 Å². The molecule has 1 atom stereocenters. The third-order valence-corrected chi connectivity index (χ3v) is 3.26. The van der Waals surface area contributed by atoms with Crippen molar-refractivity contribution in [2.45, 2.75) is 39.7 Å². The number of fused-ring (bicyclic) bond motifs is 1. The molecule has 0 spiro atoms. The smallest absolute Gasteiger partial charge is 0.159 e. The maximum atomic E-state index is 5.92. The fraction of sp³-hybridized carbons (Fsp3) is 0.571. The van der Waals surface area contributed by atoms with E-state index in [-0.39, 0.29) is 0 Å². The van der Waals surface area contributed by atoms with Crippen molar-refractivity contribution in [2.75, 3.05) is 6.54 Å². The summed E-state index contributed by atoms with van der Waals surface area (Å²) in [6.45, 7) is 8.10. The first kappa shape index (κ1) is 13.0. The Morgan fingerprint density at radius 2 is 2.17 bits per heavy atom. The highest BCUT2D eigenvalue weighted by molar-refractivity contribution is 5.71. The average Bonchev–Trinajstić information content (AvgIpc) is 2.73. The highest BCUT2D eigenvalue weighted by Gasteiger charge is 2.19. The van der Waals surface area contributed by atoms with Gasteiger partial charge in [0.25, 0.3) is 0 Å². The highest BCUT2D eigenvalue weighted by Crippen LogP contribution is 2.25. The zero-order valence-electron chi connectivity index (χ0n) is 11.4. The van der Waals surface area contributed by atoms with Crippen LogP contribution >= 0.6 is 0 Å². The van der Waals surface area contributed by atoms with Crippen molar-refractivity contribution >= 4 is 11.2 Å². The molecule has 18 heavy (non-hydrogen) atoms. The van der Waals surface area contributed by atoms with Crippen LogP contribution in [0.3, 0.4) is 0 Å². The van der Waals surface area contributed by atoms with Gasteiger partial charge in [0.1, 0.15) is 11.3 Å². The lowest BCUT2D eigenvalue weighted by atomic mass is 9.96. The van der Waals surface area contributed by atoms with E-state index in [1.54, 1.807) is 0 Å². The molecular formula is C14H22N4. The number of imidazole rings is 1. The predicted molar refractivity (Wildman–Crippen MR) is 74.5 cm³/mol. The van der Waals surface area contributed by atoms with Crippen LogP contribution in [0.25, 0.3) is 11.2 Å². The standard InChI is InChI=1S/C14H22N4/c1-4-18-13(11(9-15)8-10(2)3)17-12-6-5-7-16-14(12)18/h5-7,10-11H,4,8-9,15H2,1-3H3. The van der Waals surface area contributed by atoms with Gasteiger partial charge in [-0.1, -0.05) is 13.8 Å². The van der Waals surface area contributed by atoms with Crippen LogP contribution in [-0.4, -0.2) is 21.1 Å². The Balaban J connectivity index is 2.48. The molecule has 2 heterocycles. The number of nitrogens with two attached hydrogens (primary N) is 1. The lowest BCUT2D eigenvalue weighted by Crippen LogP contribution is -2.19. The predicted octanol–water partition coefficient (Wildman–Crippen LogP) is 2.54. The van der Waals surface area contributed by atoms with Gasteiger partial charge < -0.3 is 10.3 Å². The largest absolute Gasteiger partial charge is 0.330 e. The first-order valence-electron chi connectivity index (χ1n) is 6.68. The van der Waals surface area contributed by atoms with E-state index in [4.69, 9.17) is 10.7 Å². The molecule has 0 bridgehead atoms. The van der Waals surface area contributed by atoms with Gasteiger partial charge in [0.05, 0.1) is 0 Å². The second-order valence-electron chi connectivity index (χ2n) is 5.12. The second-order valence-corrected chi connectivity index (χ2v) is 5.12. The van der Waals surface area contributed by atoms with Crippen molar-refractivity contribution in [3.8, 4) is 0 Å². The number of pyridine rings is 1. The van der Waals surface area contributed by atoms with Crippen LogP contribution in [0.2, 0.25) is 0 Å². The van der Waals surface area contributed by atoms with E-state index in [0.29, 0.717) is 18.4 Å². The quantitative estimate of drug-likeness (QED) is 0.882. The number of aryl methyl sites for hydroxylation is 1. The van der Waals surface area contributed by atoms with Gasteiger partial charge in [-0.25, -0.2) is 9.97 Å². The van der Waals surface area contributed by atoms with Crippen molar-refractivity contribution in [2.24, 2.45) is 11.7 Å². The van der Waals surface area contributed by atoms with Crippen LogP contribution in [-0.2, 0) is 6.54 Å². The maximum Gasteiger partial charge on any atom is 0.159 e. The van der Waals surface area contributed by atoms with E-state index in [1.165, 1.54) is 0 Å². The monoisotopic (exact) mass is 246 g/mol. The van der Waals surface area contributed by atoms with Gasteiger partial charge >= 0.3 is 0 Å². The molecule has 2 N–H and O–H groups in total. The molecule has 0 aliphatic heterocycles. The fourth-order valence-electron chi connectivity index (χ4n) is 2.48. The number of aromatic nitrogens is 3. The molecule has 2 rings (SSSR count). The summed E-state index contributed by atoms with van der Waals surface area (Å²) in [5.74, 6) is 2.03. The first-order chi connectivity index (χ1) is 8.67. The summed E-state index contributed by atoms with van der Waals surface area (Å²) in [5.41, 5.74) is 7.86. The summed E-state index contributed by atoms with van der Waals surface area (Å²) < 4.78 is 2.19. The number of hydrogen-bond donors (Lipinski definition) is 1. The minimum Gasteiger partial charge on any atom is -0.330 e. The third kappa shape index (κ3) is 2.38. The summed E-state index contributed by atoms with van der Waals surface area (Å²) in [7, 11) is 0. The summed E-state index contributed by atoms with van der Waals surface area (Å²) in [6, 6.07) is 3.94. The zero-order chi connectivity index (χ0) is 13.1. The molecule has 0 aromatic carbocycles. The van der Waals surface area contributed by atoms with Crippen molar-refractivity contribution < 1.29 is 0 Å². The van der Waals surface area contributed by atoms with Crippen LogP contribution in [0.4, 0.5) is 0 Å². The van der Waals surface area contributed by atoms with Crippen LogP contribution < -0.4 is 5.73 Å². The van der Waals surface area contributed by atoms with Gasteiger partial charge in [-0.3, -0.25) is 0 Å². The molecule has 0 radical (unpaired) electrons. The molecule has 0 fully saturated rings. The molecular weight excluding hydrogens is 224 g/mol. The first-order valence-corrected chi connectivity index (χ1v) is 6.68. The van der Waals surface area contributed by atoms with Gasteiger partial charge in [0, 0.05) is 25.2 Å². The minimum absolute atomic E-state index is 0.319. The molecule has 0 aliphatic carbocycles. The Labute approximate surface area is 108 Å². The minimum atomic E-state index is 0.319. The normalized spacial score (nSPS) is 13.4. The van der Waals surface area contributed by atoms with Crippen LogP contribution in [0, 0.1) is 5.92 Å². The lowest BCUT2D eigenvalue weighted by molar-refractivity contribution is 0.474. The number of nitrogens with zero attached hydrogens (tertiary/aromatic N) is 3. The molecule has 2 aromatic heterocycles. The molecule has 2 aromatic rings. The topological polar surface area (TPSA) is 56.7 Å². The van der Waals surface area contributed by atoms with Crippen molar-refractivity contribution in [1.29, 1.82) is 0 Å². The molecule has 98 valence electrons. The Hall–Kier alpha value is -1.42. The van der Waals surface area contributed by atoms with Gasteiger partial charge in [-0.2, -0.15) is 0 Å². The van der Waals surface area contributed by atoms with Crippen LogP contribution in [0.1, 0.15) is 38.9 Å². The van der Waals surface area contributed by atoms with E-state index < -0.39 is 0 Å². The molecule has 4 heteroatoms. The molecule has 0 aliphatic rings. The van der Waals surface area contributed by atoms with E-state index in [2.05, 4.69) is 30.3 Å². The Bertz CT molecular complexity index is 515. The SMILES string of the molecule is CCn1c(C(CN)CC(C)C)nc2cccnc21. The van der Waals surface area contributed by atoms with E-state index in [9.17, 15) is 0 Å². The third-order valence-electron chi connectivity index (χ3n) is 3.26. The van der Waals surface area contributed by atoms with E-state index >= 15 is 0 Å². The molecule has 0 saturated carbocycles. The summed E-state index contributed by atoms with van der Waals surface area (Å²) >= 11 is 0. The molecule has 1 unspecified atom stereocenters. The van der Waals surface area contributed by atoms with Crippen molar-refractivity contribution in [3.63, 3.8) is 0 Å². The van der Waals surface area contributed by atoms with Gasteiger partial charge in [0.2, 0.25) is 0 Å². The van der Waals surface area contributed by atoms with Gasteiger partial charge in [0.15, 0.2) is 5.65 Å². The van der Waals surface area contributed by atoms with Crippen molar-refractivity contribution in [3.05, 3.63) is 24.2 Å².